The number of aliphatic hydroxyl groups is 5. The minimum atomic E-state index is -1.57. The van der Waals surface area contributed by atoms with Crippen LogP contribution in [0.25, 0.3) is 0 Å². The molecule has 1 fully saturated rings. The molecule has 1 aliphatic heterocycles. The summed E-state index contributed by atoms with van der Waals surface area (Å²) in [5.41, 5.74) is 0. The summed E-state index contributed by atoms with van der Waals surface area (Å²) >= 11 is 0. The van der Waals surface area contributed by atoms with Crippen LogP contribution in [0.15, 0.2) is 36.5 Å². The molecule has 1 heterocycles. The van der Waals surface area contributed by atoms with Gasteiger partial charge in [-0.2, -0.15) is 0 Å². The highest BCUT2D eigenvalue weighted by Gasteiger charge is 2.44. The fourth-order valence-corrected chi connectivity index (χ4v) is 5.42. The van der Waals surface area contributed by atoms with Crippen LogP contribution in [-0.2, 0) is 14.3 Å². The molecular weight excluding hydrogens is 586 g/mol. The Kier molecular flexibility index (Phi) is 26.2. The molecule has 0 aromatic heterocycles. The largest absolute Gasteiger partial charge is 0.394 e. The molecule has 0 aliphatic carbocycles. The monoisotopic (exact) mass is 653 g/mol. The van der Waals surface area contributed by atoms with Crippen LogP contribution in [0.2, 0.25) is 0 Å². The van der Waals surface area contributed by atoms with Crippen molar-refractivity contribution in [2.24, 2.45) is 0 Å². The molecule has 6 N–H and O–H groups in total. The normalized spacial score (nSPS) is 23.5. The van der Waals surface area contributed by atoms with E-state index < -0.39 is 49.5 Å². The van der Waals surface area contributed by atoms with Gasteiger partial charge in [0.1, 0.15) is 24.4 Å². The van der Waals surface area contributed by atoms with Gasteiger partial charge in [-0.25, -0.2) is 0 Å². The fourth-order valence-electron chi connectivity index (χ4n) is 5.42. The van der Waals surface area contributed by atoms with Gasteiger partial charge in [-0.3, -0.25) is 4.79 Å². The van der Waals surface area contributed by atoms with Crippen LogP contribution in [0.1, 0.15) is 136 Å². The minimum absolute atomic E-state index is 0.200. The standard InChI is InChI=1S/C37H67NO8/c1-3-5-7-9-11-13-14-15-16-17-18-19-20-22-24-26-31(40)30(38-33(41)27-25-23-21-12-10-8-6-4-2)29-45-37-36(44)35(43)34(42)32(28-39)46-37/h14-15,18-19,24,26,30-32,34-37,39-40,42-44H,3-13,16-17,20-23,25,27-29H2,1-2H3,(H,38,41)/b15-14+,19-18+,26-24+. The number of amides is 1. The first-order valence-electron chi connectivity index (χ1n) is 18.2. The van der Waals surface area contributed by atoms with E-state index in [1.807, 2.05) is 6.08 Å². The van der Waals surface area contributed by atoms with Crippen molar-refractivity contribution < 1.29 is 39.8 Å². The van der Waals surface area contributed by atoms with E-state index >= 15 is 0 Å². The lowest BCUT2D eigenvalue weighted by atomic mass is 9.99. The lowest BCUT2D eigenvalue weighted by molar-refractivity contribution is -0.302. The van der Waals surface area contributed by atoms with E-state index in [2.05, 4.69) is 43.5 Å². The van der Waals surface area contributed by atoms with Gasteiger partial charge in [-0.05, 0) is 44.9 Å². The summed E-state index contributed by atoms with van der Waals surface area (Å²) in [6.45, 7) is 3.66. The molecular formula is C37H67NO8. The summed E-state index contributed by atoms with van der Waals surface area (Å²) in [6.07, 6.45) is 24.8. The second kappa shape index (κ2) is 28.4. The molecule has 0 bridgehead atoms. The number of hydrogen-bond donors (Lipinski definition) is 6. The predicted octanol–water partition coefficient (Wildman–Crippen LogP) is 5.77. The topological polar surface area (TPSA) is 149 Å². The first kappa shape index (κ1) is 42.4. The summed E-state index contributed by atoms with van der Waals surface area (Å²) in [4.78, 5) is 12.8. The molecule has 7 unspecified atom stereocenters. The van der Waals surface area contributed by atoms with Crippen LogP contribution < -0.4 is 5.32 Å². The summed E-state index contributed by atoms with van der Waals surface area (Å²) in [5, 5.41) is 53.7. The lowest BCUT2D eigenvalue weighted by Crippen LogP contribution is -2.60. The van der Waals surface area contributed by atoms with Gasteiger partial charge in [0.05, 0.1) is 25.4 Å². The van der Waals surface area contributed by atoms with Gasteiger partial charge >= 0.3 is 0 Å². The van der Waals surface area contributed by atoms with Gasteiger partial charge in [0.2, 0.25) is 5.91 Å². The highest BCUT2D eigenvalue weighted by atomic mass is 16.7. The van der Waals surface area contributed by atoms with Crippen molar-refractivity contribution in [1.82, 2.24) is 5.32 Å². The van der Waals surface area contributed by atoms with Gasteiger partial charge in [-0.15, -0.1) is 0 Å². The fraction of sp³-hybridized carbons (Fsp3) is 0.811. The average Bonchev–Trinajstić information content (AvgIpc) is 3.05. The Bertz CT molecular complexity index is 817. The highest BCUT2D eigenvalue weighted by Crippen LogP contribution is 2.22. The zero-order valence-corrected chi connectivity index (χ0v) is 28.8. The van der Waals surface area contributed by atoms with Crippen LogP contribution in [0, 0.1) is 0 Å². The van der Waals surface area contributed by atoms with Gasteiger partial charge in [0.25, 0.3) is 0 Å². The molecule has 0 aromatic carbocycles. The number of nitrogens with one attached hydrogen (secondary N) is 1. The first-order chi connectivity index (χ1) is 22.3. The smallest absolute Gasteiger partial charge is 0.220 e. The van der Waals surface area contributed by atoms with Crippen LogP contribution in [-0.4, -0.2) is 87.5 Å². The molecule has 1 rings (SSSR count). The van der Waals surface area contributed by atoms with E-state index in [1.54, 1.807) is 6.08 Å². The summed E-state index contributed by atoms with van der Waals surface area (Å²) in [7, 11) is 0. The zero-order valence-electron chi connectivity index (χ0n) is 28.8. The molecule has 0 spiro atoms. The number of rotatable bonds is 28. The number of unbranched alkanes of at least 4 members (excludes halogenated alkanes) is 14. The first-order valence-corrected chi connectivity index (χ1v) is 18.2. The molecule has 9 heteroatoms. The zero-order chi connectivity index (χ0) is 33.8. The molecule has 1 saturated heterocycles. The third-order valence-corrected chi connectivity index (χ3v) is 8.45. The number of carbonyl (C=O) groups is 1. The van der Waals surface area contributed by atoms with E-state index in [0.29, 0.717) is 6.42 Å². The van der Waals surface area contributed by atoms with E-state index in [4.69, 9.17) is 9.47 Å². The predicted molar refractivity (Wildman–Crippen MR) is 184 cm³/mol. The van der Waals surface area contributed by atoms with Crippen molar-refractivity contribution in [1.29, 1.82) is 0 Å². The van der Waals surface area contributed by atoms with Crippen LogP contribution in [0.3, 0.4) is 0 Å². The Morgan fingerprint density at radius 3 is 1.83 bits per heavy atom. The SMILES string of the molecule is CCCCCCC/C=C/CC/C=C/CC/C=C/C(O)C(COC1OC(CO)C(O)C(O)C1O)NC(=O)CCCCCCCCCC. The molecule has 7 atom stereocenters. The van der Waals surface area contributed by atoms with Crippen molar-refractivity contribution in [3.05, 3.63) is 36.5 Å². The van der Waals surface area contributed by atoms with Gasteiger partial charge < -0.3 is 40.3 Å². The third kappa shape index (κ3) is 19.9. The van der Waals surface area contributed by atoms with Crippen molar-refractivity contribution in [2.75, 3.05) is 13.2 Å². The molecule has 1 aliphatic rings. The van der Waals surface area contributed by atoms with Gasteiger partial charge in [0.15, 0.2) is 6.29 Å². The summed E-state index contributed by atoms with van der Waals surface area (Å²) in [5.74, 6) is -0.200. The van der Waals surface area contributed by atoms with Gasteiger partial charge in [0, 0.05) is 6.42 Å². The number of allylic oxidation sites excluding steroid dienone is 5. The third-order valence-electron chi connectivity index (χ3n) is 8.45. The number of aliphatic hydroxyl groups excluding tert-OH is 5. The van der Waals surface area contributed by atoms with E-state index in [9.17, 15) is 30.3 Å². The molecule has 0 aromatic rings. The van der Waals surface area contributed by atoms with Crippen LogP contribution in [0.4, 0.5) is 0 Å². The number of ether oxygens (including phenoxy) is 2. The van der Waals surface area contributed by atoms with E-state index in [-0.39, 0.29) is 12.5 Å². The minimum Gasteiger partial charge on any atom is -0.394 e. The Labute approximate surface area is 279 Å². The lowest BCUT2D eigenvalue weighted by Gasteiger charge is -2.40. The Morgan fingerprint density at radius 1 is 0.717 bits per heavy atom. The number of hydrogen-bond acceptors (Lipinski definition) is 8. The Balaban J connectivity index is 2.52. The molecule has 0 saturated carbocycles. The van der Waals surface area contributed by atoms with Crippen molar-refractivity contribution in [3.63, 3.8) is 0 Å². The maximum Gasteiger partial charge on any atom is 0.220 e. The number of carbonyl (C=O) groups excluding carboxylic acids is 1. The molecule has 0 radical (unpaired) electrons. The molecule has 9 nitrogen and oxygen atoms in total. The van der Waals surface area contributed by atoms with Crippen molar-refractivity contribution >= 4 is 5.91 Å². The van der Waals surface area contributed by atoms with Crippen LogP contribution >= 0.6 is 0 Å². The maximum absolute atomic E-state index is 12.8. The van der Waals surface area contributed by atoms with Gasteiger partial charge in [-0.1, -0.05) is 121 Å². The van der Waals surface area contributed by atoms with E-state index in [1.165, 1.54) is 64.2 Å². The Hall–Kier alpha value is -1.59. The second-order valence-electron chi connectivity index (χ2n) is 12.6. The second-order valence-corrected chi connectivity index (χ2v) is 12.6. The van der Waals surface area contributed by atoms with E-state index in [0.717, 1.165) is 51.4 Å². The van der Waals surface area contributed by atoms with Crippen LogP contribution in [0.5, 0.6) is 0 Å². The quantitative estimate of drug-likeness (QED) is 0.0461. The molecule has 1 amide bonds. The summed E-state index contributed by atoms with van der Waals surface area (Å²) in [6, 6.07) is -0.820. The highest BCUT2D eigenvalue weighted by molar-refractivity contribution is 5.76. The average molecular weight is 654 g/mol. The van der Waals surface area contributed by atoms with Crippen molar-refractivity contribution in [2.45, 2.75) is 179 Å². The maximum atomic E-state index is 12.8. The molecule has 46 heavy (non-hydrogen) atoms. The Morgan fingerprint density at radius 2 is 1.24 bits per heavy atom. The van der Waals surface area contributed by atoms with Crippen molar-refractivity contribution in [3.8, 4) is 0 Å². The molecule has 268 valence electrons. The summed E-state index contributed by atoms with van der Waals surface area (Å²) < 4.78 is 11.1.